The average molecular weight is 290 g/mol. The summed E-state index contributed by atoms with van der Waals surface area (Å²) < 4.78 is 0. The van der Waals surface area contributed by atoms with Gasteiger partial charge in [0.05, 0.1) is 5.41 Å². The molecule has 0 bridgehead atoms. The number of rotatable bonds is 5. The van der Waals surface area contributed by atoms with Crippen molar-refractivity contribution in [1.82, 2.24) is 9.88 Å². The molecule has 2 rings (SSSR count). The Morgan fingerprint density at radius 2 is 2.29 bits per heavy atom. The SMILES string of the molecule is CC(=O)N1CCCC(CCCc2cccnc2)(C(=O)O)C1. The van der Waals surface area contributed by atoms with E-state index in [0.29, 0.717) is 25.9 Å². The predicted molar refractivity (Wildman–Crippen MR) is 78.7 cm³/mol. The van der Waals surface area contributed by atoms with Crippen LogP contribution in [0.15, 0.2) is 24.5 Å². The molecule has 2 heterocycles. The molecule has 1 atom stereocenters. The highest BCUT2D eigenvalue weighted by Crippen LogP contribution is 2.35. The lowest BCUT2D eigenvalue weighted by atomic mass is 9.75. The number of aromatic nitrogens is 1. The fraction of sp³-hybridized carbons (Fsp3) is 0.562. The Hall–Kier alpha value is -1.91. The molecule has 1 saturated heterocycles. The third-order valence-electron chi connectivity index (χ3n) is 4.32. The van der Waals surface area contributed by atoms with Crippen LogP contribution < -0.4 is 0 Å². The molecule has 1 fully saturated rings. The molecule has 5 heteroatoms. The zero-order chi connectivity index (χ0) is 15.3. The molecule has 0 aliphatic carbocycles. The molecule has 0 radical (unpaired) electrons. The maximum Gasteiger partial charge on any atom is 0.311 e. The number of carbonyl (C=O) groups excluding carboxylic acids is 1. The van der Waals surface area contributed by atoms with Gasteiger partial charge in [0.2, 0.25) is 5.91 Å². The average Bonchev–Trinajstić information content (AvgIpc) is 2.48. The molecule has 1 amide bonds. The second kappa shape index (κ2) is 6.70. The summed E-state index contributed by atoms with van der Waals surface area (Å²) in [5.41, 5.74) is 0.337. The van der Waals surface area contributed by atoms with Crippen molar-refractivity contribution in [2.24, 2.45) is 5.41 Å². The quantitative estimate of drug-likeness (QED) is 0.901. The minimum Gasteiger partial charge on any atom is -0.481 e. The van der Waals surface area contributed by atoms with Gasteiger partial charge in [-0.2, -0.15) is 0 Å². The highest BCUT2D eigenvalue weighted by Gasteiger charge is 2.42. The van der Waals surface area contributed by atoms with Crippen molar-refractivity contribution in [3.8, 4) is 0 Å². The zero-order valence-corrected chi connectivity index (χ0v) is 12.4. The van der Waals surface area contributed by atoms with E-state index < -0.39 is 11.4 Å². The highest BCUT2D eigenvalue weighted by molar-refractivity contribution is 5.78. The second-order valence-electron chi connectivity index (χ2n) is 5.84. The van der Waals surface area contributed by atoms with E-state index in [-0.39, 0.29) is 5.91 Å². The van der Waals surface area contributed by atoms with Crippen LogP contribution in [0.5, 0.6) is 0 Å². The zero-order valence-electron chi connectivity index (χ0n) is 12.4. The van der Waals surface area contributed by atoms with Crippen LogP contribution in [-0.4, -0.2) is 40.0 Å². The Labute approximate surface area is 125 Å². The molecule has 0 spiro atoms. The normalized spacial score (nSPS) is 22.0. The van der Waals surface area contributed by atoms with Gasteiger partial charge in [-0.25, -0.2) is 0 Å². The predicted octanol–water partition coefficient (Wildman–Crippen LogP) is 2.12. The van der Waals surface area contributed by atoms with E-state index in [0.717, 1.165) is 24.8 Å². The van der Waals surface area contributed by atoms with Gasteiger partial charge in [0.15, 0.2) is 0 Å². The fourth-order valence-electron chi connectivity index (χ4n) is 3.06. The summed E-state index contributed by atoms with van der Waals surface area (Å²) in [5.74, 6) is -0.813. The van der Waals surface area contributed by atoms with Crippen molar-refractivity contribution < 1.29 is 14.7 Å². The van der Waals surface area contributed by atoms with E-state index in [2.05, 4.69) is 4.98 Å². The first-order chi connectivity index (χ1) is 10.0. The first-order valence-electron chi connectivity index (χ1n) is 7.41. The van der Waals surface area contributed by atoms with Crippen molar-refractivity contribution >= 4 is 11.9 Å². The molecule has 1 aliphatic heterocycles. The number of hydrogen-bond acceptors (Lipinski definition) is 3. The molecule has 1 unspecified atom stereocenters. The summed E-state index contributed by atoms with van der Waals surface area (Å²) in [6.45, 7) is 2.52. The largest absolute Gasteiger partial charge is 0.481 e. The summed E-state index contributed by atoms with van der Waals surface area (Å²) in [6, 6.07) is 3.89. The third-order valence-corrected chi connectivity index (χ3v) is 4.32. The monoisotopic (exact) mass is 290 g/mol. The van der Waals surface area contributed by atoms with Gasteiger partial charge in [-0.3, -0.25) is 14.6 Å². The van der Waals surface area contributed by atoms with E-state index >= 15 is 0 Å². The molecular weight excluding hydrogens is 268 g/mol. The first kappa shape index (κ1) is 15.5. The number of piperidine rings is 1. The summed E-state index contributed by atoms with van der Waals surface area (Å²) in [7, 11) is 0. The molecule has 0 saturated carbocycles. The molecule has 0 aromatic carbocycles. The van der Waals surface area contributed by atoms with Crippen molar-refractivity contribution in [2.45, 2.75) is 39.0 Å². The number of aryl methyl sites for hydroxylation is 1. The Bertz CT molecular complexity index is 504. The maximum absolute atomic E-state index is 11.7. The van der Waals surface area contributed by atoms with Crippen LogP contribution in [0.2, 0.25) is 0 Å². The number of pyridine rings is 1. The van der Waals surface area contributed by atoms with Gasteiger partial charge < -0.3 is 10.0 Å². The maximum atomic E-state index is 11.7. The molecule has 1 N–H and O–H groups in total. The lowest BCUT2D eigenvalue weighted by Crippen LogP contribution is -2.49. The first-order valence-corrected chi connectivity index (χ1v) is 7.41. The molecule has 114 valence electrons. The van der Waals surface area contributed by atoms with Gasteiger partial charge >= 0.3 is 5.97 Å². The smallest absolute Gasteiger partial charge is 0.311 e. The standard InChI is InChI=1S/C16H22N2O3/c1-13(19)18-10-4-8-16(12-18,15(20)21)7-2-5-14-6-3-9-17-11-14/h3,6,9,11H,2,4-5,7-8,10,12H2,1H3,(H,20,21). The van der Waals surface area contributed by atoms with E-state index in [4.69, 9.17) is 0 Å². The number of hydrogen-bond donors (Lipinski definition) is 1. The van der Waals surface area contributed by atoms with E-state index in [1.54, 1.807) is 11.1 Å². The Morgan fingerprint density at radius 1 is 1.48 bits per heavy atom. The number of carbonyl (C=O) groups is 2. The van der Waals surface area contributed by atoms with E-state index in [1.165, 1.54) is 6.92 Å². The van der Waals surface area contributed by atoms with Crippen LogP contribution in [0.25, 0.3) is 0 Å². The van der Waals surface area contributed by atoms with Crippen molar-refractivity contribution in [3.05, 3.63) is 30.1 Å². The topological polar surface area (TPSA) is 70.5 Å². The molecular formula is C16H22N2O3. The second-order valence-corrected chi connectivity index (χ2v) is 5.84. The Kier molecular flexibility index (Phi) is 4.94. The van der Waals surface area contributed by atoms with Crippen LogP contribution in [0, 0.1) is 5.41 Å². The summed E-state index contributed by atoms with van der Waals surface area (Å²) in [4.78, 5) is 29.0. The number of carboxylic acids is 1. The van der Waals surface area contributed by atoms with Crippen molar-refractivity contribution in [2.75, 3.05) is 13.1 Å². The summed E-state index contributed by atoms with van der Waals surface area (Å²) in [5, 5.41) is 9.64. The minimum absolute atomic E-state index is 0.0346. The number of amides is 1. The van der Waals surface area contributed by atoms with Crippen molar-refractivity contribution in [1.29, 1.82) is 0 Å². The van der Waals surface area contributed by atoms with Gasteiger partial charge in [0.25, 0.3) is 0 Å². The minimum atomic E-state index is -0.786. The van der Waals surface area contributed by atoms with Gasteiger partial charge in [-0.15, -0.1) is 0 Å². The van der Waals surface area contributed by atoms with Gasteiger partial charge in [-0.05, 0) is 43.7 Å². The van der Waals surface area contributed by atoms with E-state index in [1.807, 2.05) is 18.3 Å². The molecule has 5 nitrogen and oxygen atoms in total. The van der Waals surface area contributed by atoms with Crippen LogP contribution in [0.1, 0.15) is 38.2 Å². The van der Waals surface area contributed by atoms with Crippen LogP contribution in [0.3, 0.4) is 0 Å². The molecule has 1 aromatic rings. The lowest BCUT2D eigenvalue weighted by molar-refractivity contribution is -0.155. The third kappa shape index (κ3) is 3.80. The molecule has 1 aliphatic rings. The number of likely N-dealkylation sites (tertiary alicyclic amines) is 1. The Balaban J connectivity index is 1.98. The Morgan fingerprint density at radius 3 is 2.90 bits per heavy atom. The number of carboxylic acid groups (broad SMARTS) is 1. The molecule has 21 heavy (non-hydrogen) atoms. The lowest BCUT2D eigenvalue weighted by Gasteiger charge is -2.39. The highest BCUT2D eigenvalue weighted by atomic mass is 16.4. The van der Waals surface area contributed by atoms with Crippen molar-refractivity contribution in [3.63, 3.8) is 0 Å². The summed E-state index contributed by atoms with van der Waals surface area (Å²) in [6.07, 6.45) is 7.18. The molecule has 1 aromatic heterocycles. The van der Waals surface area contributed by atoms with Gasteiger partial charge in [-0.1, -0.05) is 6.07 Å². The van der Waals surface area contributed by atoms with Crippen LogP contribution >= 0.6 is 0 Å². The summed E-state index contributed by atoms with van der Waals surface area (Å²) >= 11 is 0. The van der Waals surface area contributed by atoms with Crippen LogP contribution in [0.4, 0.5) is 0 Å². The van der Waals surface area contributed by atoms with E-state index in [9.17, 15) is 14.7 Å². The van der Waals surface area contributed by atoms with Gasteiger partial charge in [0, 0.05) is 32.4 Å². The number of aliphatic carboxylic acids is 1. The number of nitrogens with zero attached hydrogens (tertiary/aromatic N) is 2. The fourth-order valence-corrected chi connectivity index (χ4v) is 3.06. The van der Waals surface area contributed by atoms with Gasteiger partial charge in [0.1, 0.15) is 0 Å². The van der Waals surface area contributed by atoms with Crippen LogP contribution in [-0.2, 0) is 16.0 Å².